The van der Waals surface area contributed by atoms with Gasteiger partial charge in [-0.05, 0) is 102 Å². The zero-order chi connectivity index (χ0) is 28.8. The molecule has 0 bridgehead atoms. The first-order valence-corrected chi connectivity index (χ1v) is 15.0. The van der Waals surface area contributed by atoms with E-state index in [1.807, 2.05) is 12.1 Å². The third kappa shape index (κ3) is 3.20. The number of rotatable bonds is 2. The van der Waals surface area contributed by atoms with Gasteiger partial charge >= 0.3 is 0 Å². The number of hydrogen-bond donors (Lipinski definition) is 0. The van der Waals surface area contributed by atoms with Crippen LogP contribution in [0.15, 0.2) is 155 Å². The van der Waals surface area contributed by atoms with Crippen LogP contribution in [0.4, 0.5) is 0 Å². The van der Waals surface area contributed by atoms with Crippen LogP contribution >= 0.6 is 0 Å². The standard InChI is InChI=1S/C42H24O2/c1-2-10-27-25(9-1)23-37(29-12-4-3-11-28(27)29)41-32-15-7-5-13-30(32)40(31-14-6-8-16-33(31)41)26-17-19-39-36(24-26)34-18-20-38-35(21-22-43-38)42(34)44-39/h1-24H. The topological polar surface area (TPSA) is 26.3 Å². The Hall–Kier alpha value is -5.86. The fraction of sp³-hybridized carbons (Fsp3) is 0. The molecule has 10 aromatic rings. The van der Waals surface area contributed by atoms with Gasteiger partial charge in [0.2, 0.25) is 0 Å². The maximum atomic E-state index is 6.38. The zero-order valence-electron chi connectivity index (χ0n) is 23.7. The summed E-state index contributed by atoms with van der Waals surface area (Å²) in [6.45, 7) is 0. The smallest absolute Gasteiger partial charge is 0.146 e. The molecule has 2 heterocycles. The summed E-state index contributed by atoms with van der Waals surface area (Å²) in [4.78, 5) is 0. The highest BCUT2D eigenvalue weighted by Crippen LogP contribution is 2.47. The highest BCUT2D eigenvalue weighted by atomic mass is 16.3. The highest BCUT2D eigenvalue weighted by molar-refractivity contribution is 6.26. The van der Waals surface area contributed by atoms with Gasteiger partial charge in [0.25, 0.3) is 0 Å². The molecular weight excluding hydrogens is 536 g/mol. The molecule has 0 aliphatic carbocycles. The fourth-order valence-corrected chi connectivity index (χ4v) is 7.43. The minimum absolute atomic E-state index is 0.838. The van der Waals surface area contributed by atoms with Gasteiger partial charge in [0, 0.05) is 10.8 Å². The normalized spacial score (nSPS) is 12.1. The molecular formula is C42H24O2. The van der Waals surface area contributed by atoms with E-state index in [0.717, 1.165) is 32.9 Å². The molecule has 0 aliphatic heterocycles. The van der Waals surface area contributed by atoms with Gasteiger partial charge < -0.3 is 8.83 Å². The quantitative estimate of drug-likeness (QED) is 0.155. The molecule has 2 aromatic heterocycles. The summed E-state index contributed by atoms with van der Waals surface area (Å²) in [6, 6.07) is 50.4. The SMILES string of the molecule is c1ccc2c(c1)cc(-c1c3ccccc3c(-c3ccc4oc5c6ccoc6ccc5c4c3)c3ccccc13)c1ccccc12. The monoisotopic (exact) mass is 560 g/mol. The molecule has 10 rings (SSSR count). The van der Waals surface area contributed by atoms with E-state index in [9.17, 15) is 0 Å². The second kappa shape index (κ2) is 8.82. The van der Waals surface area contributed by atoms with Gasteiger partial charge in [0.1, 0.15) is 16.7 Å². The lowest BCUT2D eigenvalue weighted by molar-refractivity contribution is 0.615. The molecule has 0 saturated carbocycles. The van der Waals surface area contributed by atoms with Gasteiger partial charge in [-0.1, -0.05) is 103 Å². The maximum Gasteiger partial charge on any atom is 0.146 e. The average Bonchev–Trinajstić information content (AvgIpc) is 3.71. The van der Waals surface area contributed by atoms with Crippen molar-refractivity contribution < 1.29 is 8.83 Å². The third-order valence-electron chi connectivity index (χ3n) is 9.33. The number of benzene rings is 8. The average molecular weight is 561 g/mol. The van der Waals surface area contributed by atoms with Gasteiger partial charge in [-0.15, -0.1) is 0 Å². The van der Waals surface area contributed by atoms with Crippen molar-refractivity contribution in [2.45, 2.75) is 0 Å². The van der Waals surface area contributed by atoms with Crippen LogP contribution in [0.25, 0.3) is 98.3 Å². The second-order valence-electron chi connectivity index (χ2n) is 11.6. The van der Waals surface area contributed by atoms with Crippen LogP contribution < -0.4 is 0 Å². The van der Waals surface area contributed by atoms with Gasteiger partial charge in [-0.2, -0.15) is 0 Å². The second-order valence-corrected chi connectivity index (χ2v) is 11.6. The van der Waals surface area contributed by atoms with E-state index in [1.165, 1.54) is 65.3 Å². The molecule has 0 radical (unpaired) electrons. The minimum Gasteiger partial charge on any atom is -0.464 e. The largest absolute Gasteiger partial charge is 0.464 e. The van der Waals surface area contributed by atoms with E-state index >= 15 is 0 Å². The fourth-order valence-electron chi connectivity index (χ4n) is 7.43. The molecule has 8 aromatic carbocycles. The Morgan fingerprint density at radius 2 is 0.977 bits per heavy atom. The summed E-state index contributed by atoms with van der Waals surface area (Å²) < 4.78 is 12.0. The molecule has 0 unspecified atom stereocenters. The van der Waals surface area contributed by atoms with Crippen LogP contribution in [-0.4, -0.2) is 0 Å². The van der Waals surface area contributed by atoms with Crippen LogP contribution in [-0.2, 0) is 0 Å². The molecule has 0 saturated heterocycles. The van der Waals surface area contributed by atoms with Crippen molar-refractivity contribution in [2.24, 2.45) is 0 Å². The Balaban J connectivity index is 1.33. The molecule has 0 spiro atoms. The maximum absolute atomic E-state index is 6.38. The molecule has 2 heteroatoms. The predicted molar refractivity (Wildman–Crippen MR) is 184 cm³/mol. The Labute approximate surface area is 252 Å². The van der Waals surface area contributed by atoms with Gasteiger partial charge in [-0.3, -0.25) is 0 Å². The Morgan fingerprint density at radius 3 is 1.73 bits per heavy atom. The molecule has 0 fully saturated rings. The predicted octanol–water partition coefficient (Wildman–Crippen LogP) is 12.3. The first-order chi connectivity index (χ1) is 21.8. The van der Waals surface area contributed by atoms with Crippen molar-refractivity contribution in [1.82, 2.24) is 0 Å². The summed E-state index contributed by atoms with van der Waals surface area (Å²) in [7, 11) is 0. The highest BCUT2D eigenvalue weighted by Gasteiger charge is 2.20. The third-order valence-corrected chi connectivity index (χ3v) is 9.33. The molecule has 44 heavy (non-hydrogen) atoms. The first kappa shape index (κ1) is 23.7. The van der Waals surface area contributed by atoms with Crippen molar-refractivity contribution in [3.05, 3.63) is 146 Å². The molecule has 0 amide bonds. The van der Waals surface area contributed by atoms with Crippen LogP contribution in [0.1, 0.15) is 0 Å². The molecule has 2 nitrogen and oxygen atoms in total. The summed E-state index contributed by atoms with van der Waals surface area (Å²) in [5, 5.41) is 13.3. The Kier molecular flexibility index (Phi) is 4.75. The van der Waals surface area contributed by atoms with Crippen molar-refractivity contribution in [2.75, 3.05) is 0 Å². The lowest BCUT2D eigenvalue weighted by Crippen LogP contribution is -1.92. The van der Waals surface area contributed by atoms with E-state index in [-0.39, 0.29) is 0 Å². The van der Waals surface area contributed by atoms with Gasteiger partial charge in [-0.25, -0.2) is 0 Å². The van der Waals surface area contributed by atoms with E-state index in [0.29, 0.717) is 0 Å². The van der Waals surface area contributed by atoms with E-state index < -0.39 is 0 Å². The lowest BCUT2D eigenvalue weighted by Gasteiger charge is -2.19. The van der Waals surface area contributed by atoms with Crippen molar-refractivity contribution in [1.29, 1.82) is 0 Å². The van der Waals surface area contributed by atoms with Crippen molar-refractivity contribution >= 4 is 76.0 Å². The van der Waals surface area contributed by atoms with Gasteiger partial charge in [0.15, 0.2) is 0 Å². The minimum atomic E-state index is 0.838. The van der Waals surface area contributed by atoms with Crippen LogP contribution in [0.3, 0.4) is 0 Å². The van der Waals surface area contributed by atoms with Crippen molar-refractivity contribution in [3.8, 4) is 22.3 Å². The van der Waals surface area contributed by atoms with Gasteiger partial charge in [0.05, 0.1) is 11.6 Å². The van der Waals surface area contributed by atoms with Crippen LogP contribution in [0, 0.1) is 0 Å². The van der Waals surface area contributed by atoms with E-state index in [1.54, 1.807) is 6.26 Å². The number of fused-ring (bicyclic) bond motifs is 10. The molecule has 204 valence electrons. The summed E-state index contributed by atoms with van der Waals surface area (Å²) in [5.41, 5.74) is 7.55. The summed E-state index contributed by atoms with van der Waals surface area (Å²) in [6.07, 6.45) is 1.72. The first-order valence-electron chi connectivity index (χ1n) is 15.0. The summed E-state index contributed by atoms with van der Waals surface area (Å²) >= 11 is 0. The Bertz CT molecular complexity index is 2720. The number of furan rings is 2. The van der Waals surface area contributed by atoms with E-state index in [4.69, 9.17) is 8.83 Å². The Morgan fingerprint density at radius 1 is 0.364 bits per heavy atom. The molecule has 0 aliphatic rings. The molecule has 0 atom stereocenters. The number of hydrogen-bond acceptors (Lipinski definition) is 2. The van der Waals surface area contributed by atoms with Crippen LogP contribution in [0.5, 0.6) is 0 Å². The zero-order valence-corrected chi connectivity index (χ0v) is 23.7. The molecule has 0 N–H and O–H groups in total. The lowest BCUT2D eigenvalue weighted by atomic mass is 9.83. The van der Waals surface area contributed by atoms with E-state index in [2.05, 4.69) is 127 Å². The van der Waals surface area contributed by atoms with Crippen LogP contribution in [0.2, 0.25) is 0 Å². The summed E-state index contributed by atoms with van der Waals surface area (Å²) in [5.74, 6) is 0. The van der Waals surface area contributed by atoms with Crippen molar-refractivity contribution in [3.63, 3.8) is 0 Å².